The number of amides is 1. The van der Waals surface area contributed by atoms with Crippen molar-refractivity contribution in [1.29, 1.82) is 0 Å². The van der Waals surface area contributed by atoms with Gasteiger partial charge in [-0.1, -0.05) is 13.8 Å². The highest BCUT2D eigenvalue weighted by Gasteiger charge is 2.33. The minimum absolute atomic E-state index is 0.0354. The maximum atomic E-state index is 13.6. The highest BCUT2D eigenvalue weighted by Crippen LogP contribution is 2.34. The number of imidazole rings is 1. The van der Waals surface area contributed by atoms with E-state index in [0.717, 1.165) is 37.8 Å². The van der Waals surface area contributed by atoms with Crippen LogP contribution in [0, 0.1) is 0 Å². The SMILES string of the molecule is CC(C)c1cnc2c(NC3CCN(CC4CN(C(=O)OC(C)(C)C)CCO4)CC3)cc(C(F)(F)F)cn12. The van der Waals surface area contributed by atoms with Crippen LogP contribution in [-0.2, 0) is 15.7 Å². The Labute approximate surface area is 216 Å². The maximum Gasteiger partial charge on any atom is 0.417 e. The van der Waals surface area contributed by atoms with E-state index in [0.29, 0.717) is 37.6 Å². The molecule has 0 bridgehead atoms. The molecule has 2 fully saturated rings. The third-order valence-corrected chi connectivity index (χ3v) is 6.75. The number of pyridine rings is 1. The summed E-state index contributed by atoms with van der Waals surface area (Å²) < 4.78 is 53.9. The Bertz CT molecular complexity index is 1090. The van der Waals surface area contributed by atoms with Crippen LogP contribution in [-0.4, -0.2) is 82.4 Å². The van der Waals surface area contributed by atoms with Crippen LogP contribution < -0.4 is 5.32 Å². The topological polar surface area (TPSA) is 71.3 Å². The first-order valence-electron chi connectivity index (χ1n) is 13.0. The summed E-state index contributed by atoms with van der Waals surface area (Å²) in [6.07, 6.45) is -0.524. The zero-order valence-corrected chi connectivity index (χ0v) is 22.3. The summed E-state index contributed by atoms with van der Waals surface area (Å²) in [5.74, 6) is 0.0443. The number of alkyl halides is 3. The number of nitrogens with one attached hydrogen (secondary N) is 1. The van der Waals surface area contributed by atoms with Gasteiger partial charge in [-0.2, -0.15) is 13.2 Å². The third-order valence-electron chi connectivity index (χ3n) is 6.75. The van der Waals surface area contributed by atoms with Gasteiger partial charge in [0.1, 0.15) is 5.60 Å². The number of carbonyl (C=O) groups is 1. The predicted molar refractivity (Wildman–Crippen MR) is 135 cm³/mol. The van der Waals surface area contributed by atoms with E-state index in [1.807, 2.05) is 34.6 Å². The van der Waals surface area contributed by atoms with Gasteiger partial charge in [-0.05, 0) is 45.6 Å². The number of likely N-dealkylation sites (tertiary alicyclic amines) is 1. The average Bonchev–Trinajstić information content (AvgIpc) is 3.24. The number of fused-ring (bicyclic) bond motifs is 1. The Morgan fingerprint density at radius 1 is 1.22 bits per heavy atom. The molecule has 206 valence electrons. The van der Waals surface area contributed by atoms with Gasteiger partial charge in [-0.3, -0.25) is 0 Å². The summed E-state index contributed by atoms with van der Waals surface area (Å²) in [6, 6.07) is 1.20. The molecule has 0 aromatic carbocycles. The highest BCUT2D eigenvalue weighted by atomic mass is 19.4. The number of aromatic nitrogens is 2. The minimum atomic E-state index is -4.44. The first-order valence-corrected chi connectivity index (χ1v) is 13.0. The van der Waals surface area contributed by atoms with Crippen LogP contribution in [0.15, 0.2) is 18.5 Å². The highest BCUT2D eigenvalue weighted by molar-refractivity contribution is 5.70. The molecule has 1 amide bonds. The molecular formula is C26H38F3N5O3. The fourth-order valence-corrected chi connectivity index (χ4v) is 4.88. The van der Waals surface area contributed by atoms with Crippen molar-refractivity contribution < 1.29 is 27.4 Å². The number of hydrogen-bond donors (Lipinski definition) is 1. The monoisotopic (exact) mass is 525 g/mol. The number of morpholine rings is 1. The summed E-state index contributed by atoms with van der Waals surface area (Å²) in [7, 11) is 0. The van der Waals surface area contributed by atoms with E-state index in [2.05, 4.69) is 15.2 Å². The molecule has 1 unspecified atom stereocenters. The summed E-state index contributed by atoms with van der Waals surface area (Å²) in [6.45, 7) is 13.1. The lowest BCUT2D eigenvalue weighted by Crippen LogP contribution is -2.52. The van der Waals surface area contributed by atoms with Crippen LogP contribution in [0.5, 0.6) is 0 Å². The number of piperidine rings is 1. The lowest BCUT2D eigenvalue weighted by molar-refractivity contribution is -0.137. The quantitative estimate of drug-likeness (QED) is 0.593. The molecule has 11 heteroatoms. The largest absolute Gasteiger partial charge is 0.444 e. The first kappa shape index (κ1) is 27.5. The summed E-state index contributed by atoms with van der Waals surface area (Å²) in [4.78, 5) is 20.8. The van der Waals surface area contributed by atoms with Crippen LogP contribution in [0.3, 0.4) is 0 Å². The van der Waals surface area contributed by atoms with E-state index in [9.17, 15) is 18.0 Å². The second kappa shape index (κ2) is 10.7. The molecule has 2 aliphatic heterocycles. The number of hydrogen-bond acceptors (Lipinski definition) is 6. The predicted octanol–water partition coefficient (Wildman–Crippen LogP) is 4.99. The van der Waals surface area contributed by atoms with E-state index < -0.39 is 17.3 Å². The first-order chi connectivity index (χ1) is 17.3. The van der Waals surface area contributed by atoms with Crippen molar-refractivity contribution >= 4 is 17.4 Å². The number of ether oxygens (including phenoxy) is 2. The van der Waals surface area contributed by atoms with E-state index in [4.69, 9.17) is 9.47 Å². The molecule has 0 spiro atoms. The number of carbonyl (C=O) groups excluding carboxylic acids is 1. The third kappa shape index (κ3) is 6.87. The van der Waals surface area contributed by atoms with Crippen molar-refractivity contribution in [2.45, 2.75) is 77.3 Å². The smallest absolute Gasteiger partial charge is 0.417 e. The Kier molecular flexibility index (Phi) is 7.94. The molecular weight excluding hydrogens is 487 g/mol. The summed E-state index contributed by atoms with van der Waals surface area (Å²) in [5.41, 5.74) is 0.425. The van der Waals surface area contributed by atoms with Crippen molar-refractivity contribution in [2.24, 2.45) is 0 Å². The molecule has 2 aliphatic rings. The van der Waals surface area contributed by atoms with Crippen LogP contribution in [0.2, 0.25) is 0 Å². The van der Waals surface area contributed by atoms with Gasteiger partial charge in [-0.15, -0.1) is 0 Å². The molecule has 2 aromatic rings. The minimum Gasteiger partial charge on any atom is -0.444 e. The standard InChI is InChI=1S/C26H38F3N5O3/c1-17(2)22-13-30-23-21(12-18(14-34(22)23)26(27,28)29)31-19-6-8-32(9-7-19)15-20-16-33(10-11-36-20)24(35)37-25(3,4)5/h12-14,17,19-20,31H,6-11,15-16H2,1-5H3. The van der Waals surface area contributed by atoms with Crippen LogP contribution in [0.4, 0.5) is 23.7 Å². The van der Waals surface area contributed by atoms with E-state index in [1.54, 1.807) is 15.5 Å². The van der Waals surface area contributed by atoms with Crippen molar-refractivity contribution in [3.8, 4) is 0 Å². The van der Waals surface area contributed by atoms with Gasteiger partial charge in [0.2, 0.25) is 0 Å². The summed E-state index contributed by atoms with van der Waals surface area (Å²) in [5, 5.41) is 3.35. The molecule has 1 N–H and O–H groups in total. The molecule has 2 aromatic heterocycles. The van der Waals surface area contributed by atoms with Crippen LogP contribution in [0.25, 0.3) is 5.65 Å². The molecule has 0 radical (unpaired) electrons. The normalized spacial score (nSPS) is 20.6. The molecule has 1 atom stereocenters. The van der Waals surface area contributed by atoms with Gasteiger partial charge in [0.25, 0.3) is 0 Å². The lowest BCUT2D eigenvalue weighted by Gasteiger charge is -2.38. The van der Waals surface area contributed by atoms with Crippen molar-refractivity contribution in [1.82, 2.24) is 19.2 Å². The van der Waals surface area contributed by atoms with Gasteiger partial charge >= 0.3 is 12.3 Å². The second-order valence-corrected chi connectivity index (χ2v) is 11.3. The van der Waals surface area contributed by atoms with Gasteiger partial charge in [0.15, 0.2) is 5.65 Å². The Morgan fingerprint density at radius 2 is 1.92 bits per heavy atom. The molecule has 2 saturated heterocycles. The van der Waals surface area contributed by atoms with Gasteiger partial charge in [-0.25, -0.2) is 9.78 Å². The van der Waals surface area contributed by atoms with E-state index in [1.165, 1.54) is 6.07 Å². The average molecular weight is 526 g/mol. The molecule has 37 heavy (non-hydrogen) atoms. The fraction of sp³-hybridized carbons (Fsp3) is 0.692. The zero-order valence-electron chi connectivity index (χ0n) is 22.3. The fourth-order valence-electron chi connectivity index (χ4n) is 4.88. The van der Waals surface area contributed by atoms with Crippen molar-refractivity contribution in [3.05, 3.63) is 29.7 Å². The molecule has 4 rings (SSSR count). The Balaban J connectivity index is 1.36. The molecule has 0 aliphatic carbocycles. The number of halogens is 3. The van der Waals surface area contributed by atoms with Gasteiger partial charge < -0.3 is 29.0 Å². The molecule has 8 nitrogen and oxygen atoms in total. The number of nitrogens with zero attached hydrogens (tertiary/aromatic N) is 4. The van der Waals surface area contributed by atoms with Crippen LogP contribution >= 0.6 is 0 Å². The number of anilines is 1. The Morgan fingerprint density at radius 3 is 2.54 bits per heavy atom. The van der Waals surface area contributed by atoms with Crippen LogP contribution in [0.1, 0.15) is 64.6 Å². The van der Waals surface area contributed by atoms with Crippen molar-refractivity contribution in [3.63, 3.8) is 0 Å². The van der Waals surface area contributed by atoms with Gasteiger partial charge in [0.05, 0.1) is 30.5 Å². The number of rotatable bonds is 5. The second-order valence-electron chi connectivity index (χ2n) is 11.3. The van der Waals surface area contributed by atoms with Crippen molar-refractivity contribution in [2.75, 3.05) is 44.6 Å². The molecule has 4 heterocycles. The van der Waals surface area contributed by atoms with E-state index in [-0.39, 0.29) is 24.2 Å². The van der Waals surface area contributed by atoms with Gasteiger partial charge in [0, 0.05) is 50.3 Å². The van der Waals surface area contributed by atoms with E-state index >= 15 is 0 Å². The molecule has 0 saturated carbocycles. The lowest BCUT2D eigenvalue weighted by atomic mass is 10.0. The zero-order chi connectivity index (χ0) is 27.0. The maximum absolute atomic E-state index is 13.6. The Hall–Kier alpha value is -2.53. The summed E-state index contributed by atoms with van der Waals surface area (Å²) >= 11 is 0.